The van der Waals surface area contributed by atoms with Crippen LogP contribution in [0, 0.1) is 0 Å². The zero-order valence-corrected chi connectivity index (χ0v) is 11.8. The van der Waals surface area contributed by atoms with Crippen molar-refractivity contribution in [1.82, 2.24) is 9.47 Å². The minimum Gasteiger partial charge on any atom is -0.312 e. The predicted octanol–water partition coefficient (Wildman–Crippen LogP) is 1.84. The molecule has 2 rings (SSSR count). The molecule has 0 atom stereocenters. The SMILES string of the molecule is CCCCn1c2c(cc(C=O)c1=O)CN(CC)CC2. The number of carbonyl (C=O) groups is 1. The number of hydrogen-bond donors (Lipinski definition) is 0. The molecule has 0 saturated carbocycles. The van der Waals surface area contributed by atoms with Crippen molar-refractivity contribution in [3.05, 3.63) is 33.2 Å². The third kappa shape index (κ3) is 2.78. The van der Waals surface area contributed by atoms with Gasteiger partial charge in [-0.25, -0.2) is 0 Å². The smallest absolute Gasteiger partial charge is 0.261 e. The van der Waals surface area contributed by atoms with Crippen LogP contribution >= 0.6 is 0 Å². The lowest BCUT2D eigenvalue weighted by Crippen LogP contribution is -2.36. The fraction of sp³-hybridized carbons (Fsp3) is 0.600. The molecule has 0 N–H and O–H groups in total. The summed E-state index contributed by atoms with van der Waals surface area (Å²) in [6.45, 7) is 7.82. The van der Waals surface area contributed by atoms with Gasteiger partial charge in [0, 0.05) is 31.7 Å². The maximum Gasteiger partial charge on any atom is 0.261 e. The van der Waals surface area contributed by atoms with Crippen molar-refractivity contribution in [2.24, 2.45) is 0 Å². The number of nitrogens with zero attached hydrogens (tertiary/aromatic N) is 2. The number of carbonyl (C=O) groups excluding carboxylic acids is 1. The van der Waals surface area contributed by atoms with Crippen LogP contribution in [0.2, 0.25) is 0 Å². The molecule has 1 aromatic heterocycles. The van der Waals surface area contributed by atoms with Gasteiger partial charge in [-0.3, -0.25) is 14.5 Å². The van der Waals surface area contributed by atoms with E-state index >= 15 is 0 Å². The lowest BCUT2D eigenvalue weighted by molar-refractivity contribution is 0.112. The lowest BCUT2D eigenvalue weighted by atomic mass is 10.0. The van der Waals surface area contributed by atoms with Crippen LogP contribution in [-0.2, 0) is 19.5 Å². The predicted molar refractivity (Wildman–Crippen MR) is 75.7 cm³/mol. The molecule has 0 unspecified atom stereocenters. The first-order chi connectivity index (χ1) is 9.21. The molecule has 0 spiro atoms. The molecule has 104 valence electrons. The highest BCUT2D eigenvalue weighted by molar-refractivity contribution is 5.74. The van der Waals surface area contributed by atoms with Crippen molar-refractivity contribution in [1.29, 1.82) is 0 Å². The third-order valence-electron chi connectivity index (χ3n) is 3.89. The number of unbranched alkanes of at least 4 members (excludes halogenated alkanes) is 1. The number of rotatable bonds is 5. The topological polar surface area (TPSA) is 42.3 Å². The Bertz CT molecular complexity index is 520. The number of aromatic nitrogens is 1. The van der Waals surface area contributed by atoms with E-state index in [-0.39, 0.29) is 5.56 Å². The number of hydrogen-bond acceptors (Lipinski definition) is 3. The van der Waals surface area contributed by atoms with Crippen molar-refractivity contribution in [2.45, 2.75) is 46.2 Å². The van der Waals surface area contributed by atoms with E-state index in [0.29, 0.717) is 11.8 Å². The molecular weight excluding hydrogens is 240 g/mol. The second-order valence-electron chi connectivity index (χ2n) is 5.12. The molecule has 0 radical (unpaired) electrons. The largest absolute Gasteiger partial charge is 0.312 e. The Morgan fingerprint density at radius 1 is 1.37 bits per heavy atom. The molecule has 1 aliphatic heterocycles. The van der Waals surface area contributed by atoms with Gasteiger partial charge in [-0.15, -0.1) is 0 Å². The van der Waals surface area contributed by atoms with E-state index in [2.05, 4.69) is 18.7 Å². The molecule has 2 heterocycles. The number of aldehydes is 1. The first kappa shape index (κ1) is 14.0. The summed E-state index contributed by atoms with van der Waals surface area (Å²) in [6, 6.07) is 1.79. The zero-order valence-electron chi connectivity index (χ0n) is 11.8. The summed E-state index contributed by atoms with van der Waals surface area (Å²) in [5.74, 6) is 0. The normalized spacial score (nSPS) is 15.3. The van der Waals surface area contributed by atoms with Gasteiger partial charge >= 0.3 is 0 Å². The van der Waals surface area contributed by atoms with E-state index in [1.807, 2.05) is 4.57 Å². The van der Waals surface area contributed by atoms with Gasteiger partial charge in [-0.05, 0) is 24.6 Å². The Morgan fingerprint density at radius 2 is 2.16 bits per heavy atom. The molecular formula is C15H22N2O2. The summed E-state index contributed by atoms with van der Waals surface area (Å²) in [5, 5.41) is 0. The van der Waals surface area contributed by atoms with Crippen LogP contribution in [0.15, 0.2) is 10.9 Å². The molecule has 1 aromatic rings. The van der Waals surface area contributed by atoms with Crippen molar-refractivity contribution in [3.63, 3.8) is 0 Å². The van der Waals surface area contributed by atoms with E-state index in [1.165, 1.54) is 0 Å². The molecule has 0 amide bonds. The molecule has 4 nitrogen and oxygen atoms in total. The third-order valence-corrected chi connectivity index (χ3v) is 3.89. The molecule has 0 aromatic carbocycles. The standard InChI is InChI=1S/C15H22N2O2/c1-3-5-7-17-14-6-8-16(4-2)10-12(14)9-13(11-18)15(17)19/h9,11H,3-8,10H2,1-2H3. The summed E-state index contributed by atoms with van der Waals surface area (Å²) in [6.07, 6.45) is 3.62. The Morgan fingerprint density at radius 3 is 2.79 bits per heavy atom. The fourth-order valence-electron chi connectivity index (χ4n) is 2.71. The van der Waals surface area contributed by atoms with Gasteiger partial charge in [0.25, 0.3) is 5.56 Å². The lowest BCUT2D eigenvalue weighted by Gasteiger charge is -2.29. The van der Waals surface area contributed by atoms with Gasteiger partial charge in [0.2, 0.25) is 0 Å². The van der Waals surface area contributed by atoms with Crippen molar-refractivity contribution in [3.8, 4) is 0 Å². The first-order valence-electron chi connectivity index (χ1n) is 7.14. The van der Waals surface area contributed by atoms with Crippen LogP contribution in [-0.4, -0.2) is 28.8 Å². The minimum absolute atomic E-state index is 0.118. The van der Waals surface area contributed by atoms with Gasteiger partial charge in [0.15, 0.2) is 6.29 Å². The zero-order chi connectivity index (χ0) is 13.8. The van der Waals surface area contributed by atoms with Gasteiger partial charge in [0.1, 0.15) is 0 Å². The molecule has 0 saturated heterocycles. The minimum atomic E-state index is -0.118. The highest BCUT2D eigenvalue weighted by Crippen LogP contribution is 2.18. The Hall–Kier alpha value is -1.42. The molecule has 1 aliphatic rings. The van der Waals surface area contributed by atoms with Gasteiger partial charge < -0.3 is 4.57 Å². The molecule has 0 bridgehead atoms. The van der Waals surface area contributed by atoms with Gasteiger partial charge in [-0.1, -0.05) is 20.3 Å². The van der Waals surface area contributed by atoms with Crippen molar-refractivity contribution in [2.75, 3.05) is 13.1 Å². The highest BCUT2D eigenvalue weighted by atomic mass is 16.1. The number of pyridine rings is 1. The second kappa shape index (κ2) is 6.15. The summed E-state index contributed by atoms with van der Waals surface area (Å²) in [5.41, 5.74) is 2.46. The fourth-order valence-corrected chi connectivity index (χ4v) is 2.71. The van der Waals surface area contributed by atoms with Crippen molar-refractivity contribution >= 4 is 6.29 Å². The van der Waals surface area contributed by atoms with Crippen LogP contribution in [0.4, 0.5) is 0 Å². The first-order valence-corrected chi connectivity index (χ1v) is 7.14. The van der Waals surface area contributed by atoms with Crippen LogP contribution in [0.3, 0.4) is 0 Å². The summed E-state index contributed by atoms with van der Waals surface area (Å²) in [7, 11) is 0. The Kier molecular flexibility index (Phi) is 4.53. The molecule has 19 heavy (non-hydrogen) atoms. The van der Waals surface area contributed by atoms with Gasteiger partial charge in [0.05, 0.1) is 5.56 Å². The summed E-state index contributed by atoms with van der Waals surface area (Å²) >= 11 is 0. The van der Waals surface area contributed by atoms with E-state index in [0.717, 1.165) is 56.7 Å². The molecule has 4 heteroatoms. The summed E-state index contributed by atoms with van der Waals surface area (Å²) < 4.78 is 1.83. The average Bonchev–Trinajstić information content (AvgIpc) is 2.45. The molecule has 0 aliphatic carbocycles. The van der Waals surface area contributed by atoms with Crippen LogP contribution in [0.25, 0.3) is 0 Å². The summed E-state index contributed by atoms with van der Waals surface area (Å²) in [4.78, 5) is 25.6. The van der Waals surface area contributed by atoms with E-state index in [9.17, 15) is 9.59 Å². The van der Waals surface area contributed by atoms with Crippen LogP contribution in [0.5, 0.6) is 0 Å². The van der Waals surface area contributed by atoms with Crippen molar-refractivity contribution < 1.29 is 4.79 Å². The average molecular weight is 262 g/mol. The Labute approximate surface area is 114 Å². The quantitative estimate of drug-likeness (QED) is 0.760. The Balaban J connectivity index is 2.46. The van der Waals surface area contributed by atoms with E-state index in [4.69, 9.17) is 0 Å². The van der Waals surface area contributed by atoms with Crippen LogP contribution < -0.4 is 5.56 Å². The highest BCUT2D eigenvalue weighted by Gasteiger charge is 2.20. The maximum absolute atomic E-state index is 12.2. The van der Waals surface area contributed by atoms with Gasteiger partial charge in [-0.2, -0.15) is 0 Å². The maximum atomic E-state index is 12.2. The number of likely N-dealkylation sites (N-methyl/N-ethyl adjacent to an activating group) is 1. The monoisotopic (exact) mass is 262 g/mol. The number of fused-ring (bicyclic) bond motifs is 1. The van der Waals surface area contributed by atoms with Crippen LogP contribution in [0.1, 0.15) is 48.3 Å². The second-order valence-corrected chi connectivity index (χ2v) is 5.12. The van der Waals surface area contributed by atoms with E-state index in [1.54, 1.807) is 6.07 Å². The molecule has 0 fully saturated rings. The van der Waals surface area contributed by atoms with E-state index < -0.39 is 0 Å².